The van der Waals surface area contributed by atoms with Crippen molar-refractivity contribution in [2.75, 3.05) is 0 Å². The molecule has 1 aliphatic carbocycles. The van der Waals surface area contributed by atoms with Gasteiger partial charge >= 0.3 is 0 Å². The molecule has 2 atom stereocenters. The lowest BCUT2D eigenvalue weighted by molar-refractivity contribution is 0.174. The van der Waals surface area contributed by atoms with Gasteiger partial charge < -0.3 is 0 Å². The Morgan fingerprint density at radius 3 is 2.71 bits per heavy atom. The molecule has 2 unspecified atom stereocenters. The first-order valence-electron chi connectivity index (χ1n) is 5.31. The minimum Gasteiger partial charge on any atom is -0.232 e. The first-order chi connectivity index (χ1) is 6.60. The summed E-state index contributed by atoms with van der Waals surface area (Å²) in [5.41, 5.74) is 0.423. The first kappa shape index (κ1) is 9.62. The van der Waals surface area contributed by atoms with E-state index in [9.17, 15) is 0 Å². The number of tetrazole rings is 1. The van der Waals surface area contributed by atoms with E-state index in [2.05, 4.69) is 36.3 Å². The van der Waals surface area contributed by atoms with Gasteiger partial charge in [0.2, 0.25) is 0 Å². The second-order valence-electron chi connectivity index (χ2n) is 5.03. The van der Waals surface area contributed by atoms with Crippen LogP contribution in [0.4, 0.5) is 0 Å². The van der Waals surface area contributed by atoms with Gasteiger partial charge in [0, 0.05) is 6.54 Å². The quantitative estimate of drug-likeness (QED) is 0.720. The maximum Gasteiger partial charge on any atom is 0.138 e. The van der Waals surface area contributed by atoms with Crippen LogP contribution in [0.3, 0.4) is 0 Å². The zero-order valence-corrected chi connectivity index (χ0v) is 9.14. The van der Waals surface area contributed by atoms with E-state index >= 15 is 0 Å². The smallest absolute Gasteiger partial charge is 0.138 e. The molecule has 0 saturated heterocycles. The molecule has 0 spiro atoms. The minimum absolute atomic E-state index is 0.423. The Morgan fingerprint density at radius 2 is 2.21 bits per heavy atom. The van der Waals surface area contributed by atoms with Gasteiger partial charge in [-0.2, -0.15) is 0 Å². The highest BCUT2D eigenvalue weighted by molar-refractivity contribution is 4.89. The lowest BCUT2D eigenvalue weighted by atomic mass is 9.76. The summed E-state index contributed by atoms with van der Waals surface area (Å²) in [6, 6.07) is 0. The van der Waals surface area contributed by atoms with E-state index < -0.39 is 0 Å². The largest absolute Gasteiger partial charge is 0.232 e. The Kier molecular flexibility index (Phi) is 2.29. The van der Waals surface area contributed by atoms with Gasteiger partial charge in [0.05, 0.1) is 0 Å². The Bertz CT molecular complexity index is 291. The minimum atomic E-state index is 0.423. The van der Waals surface area contributed by atoms with Gasteiger partial charge in [-0.3, -0.25) is 0 Å². The fourth-order valence-corrected chi connectivity index (χ4v) is 2.41. The van der Waals surface area contributed by atoms with Crippen molar-refractivity contribution >= 4 is 0 Å². The zero-order valence-electron chi connectivity index (χ0n) is 9.14. The highest BCUT2D eigenvalue weighted by Gasteiger charge is 2.40. The molecule has 0 amide bonds. The summed E-state index contributed by atoms with van der Waals surface area (Å²) in [5, 5.41) is 11.3. The first-order valence-corrected chi connectivity index (χ1v) is 5.31. The highest BCUT2D eigenvalue weighted by Crippen LogP contribution is 2.47. The predicted octanol–water partition coefficient (Wildman–Crippen LogP) is 1.75. The van der Waals surface area contributed by atoms with E-state index in [1.54, 1.807) is 6.33 Å². The van der Waals surface area contributed by atoms with Gasteiger partial charge in [-0.15, -0.1) is 5.10 Å². The molecule has 1 aliphatic rings. The second kappa shape index (κ2) is 3.33. The molecule has 14 heavy (non-hydrogen) atoms. The van der Waals surface area contributed by atoms with Crippen molar-refractivity contribution in [3.63, 3.8) is 0 Å². The maximum absolute atomic E-state index is 3.93. The van der Waals surface area contributed by atoms with Crippen LogP contribution in [0, 0.1) is 17.3 Å². The third-order valence-corrected chi connectivity index (χ3v) is 4.07. The molecule has 78 valence electrons. The average molecular weight is 194 g/mol. The molecule has 0 aromatic carbocycles. The van der Waals surface area contributed by atoms with Gasteiger partial charge in [0.15, 0.2) is 0 Å². The zero-order chi connectivity index (χ0) is 10.2. The van der Waals surface area contributed by atoms with Gasteiger partial charge in [0.1, 0.15) is 6.33 Å². The molecule has 0 aliphatic heterocycles. The molecule has 4 heteroatoms. The summed E-state index contributed by atoms with van der Waals surface area (Å²) in [6.07, 6.45) is 4.34. The standard InChI is InChI=1S/C10H18N4/c1-8-4-5-9(10(8,2)3)6-14-7-11-12-13-14/h7-9H,4-6H2,1-3H3. The molecule has 1 saturated carbocycles. The molecule has 1 aromatic rings. The summed E-state index contributed by atoms with van der Waals surface area (Å²) >= 11 is 0. The van der Waals surface area contributed by atoms with Crippen LogP contribution >= 0.6 is 0 Å². The number of aromatic nitrogens is 4. The van der Waals surface area contributed by atoms with Crippen molar-refractivity contribution < 1.29 is 0 Å². The number of hydrogen-bond acceptors (Lipinski definition) is 3. The van der Waals surface area contributed by atoms with E-state index in [1.165, 1.54) is 12.8 Å². The van der Waals surface area contributed by atoms with Gasteiger partial charge in [-0.1, -0.05) is 20.8 Å². The normalized spacial score (nSPS) is 30.8. The average Bonchev–Trinajstić information content (AvgIpc) is 2.70. The van der Waals surface area contributed by atoms with Gasteiger partial charge in [-0.25, -0.2) is 4.68 Å². The molecule has 0 N–H and O–H groups in total. The monoisotopic (exact) mass is 194 g/mol. The van der Waals surface area contributed by atoms with E-state index in [0.717, 1.165) is 12.5 Å². The van der Waals surface area contributed by atoms with Crippen molar-refractivity contribution in [2.45, 2.75) is 40.2 Å². The van der Waals surface area contributed by atoms with Gasteiger partial charge in [0.25, 0.3) is 0 Å². The van der Waals surface area contributed by atoms with Crippen LogP contribution in [0.2, 0.25) is 0 Å². The second-order valence-corrected chi connectivity index (χ2v) is 5.03. The molecule has 1 heterocycles. The van der Waals surface area contributed by atoms with Crippen molar-refractivity contribution in [3.8, 4) is 0 Å². The Labute approximate surface area is 84.7 Å². The molecular weight excluding hydrogens is 176 g/mol. The summed E-state index contributed by atoms with van der Waals surface area (Å²) < 4.78 is 1.85. The fourth-order valence-electron chi connectivity index (χ4n) is 2.41. The van der Waals surface area contributed by atoms with Crippen LogP contribution in [0.25, 0.3) is 0 Å². The number of hydrogen-bond donors (Lipinski definition) is 0. The molecule has 1 fully saturated rings. The SMILES string of the molecule is CC1CCC(Cn2cnnn2)C1(C)C. The predicted molar refractivity (Wildman–Crippen MR) is 53.5 cm³/mol. The molecule has 2 rings (SSSR count). The lowest BCUT2D eigenvalue weighted by Crippen LogP contribution is -2.27. The topological polar surface area (TPSA) is 43.6 Å². The van der Waals surface area contributed by atoms with Crippen LogP contribution in [0.1, 0.15) is 33.6 Å². The maximum atomic E-state index is 3.93. The summed E-state index contributed by atoms with van der Waals surface area (Å²) in [4.78, 5) is 0. The van der Waals surface area contributed by atoms with Crippen LogP contribution in [-0.4, -0.2) is 20.2 Å². The van der Waals surface area contributed by atoms with Crippen LogP contribution in [0.15, 0.2) is 6.33 Å². The van der Waals surface area contributed by atoms with Gasteiger partial charge in [-0.05, 0) is 40.5 Å². The summed E-state index contributed by atoms with van der Waals surface area (Å²) in [7, 11) is 0. The van der Waals surface area contributed by atoms with Crippen molar-refractivity contribution in [1.29, 1.82) is 0 Å². The highest BCUT2D eigenvalue weighted by atomic mass is 15.5. The third-order valence-electron chi connectivity index (χ3n) is 4.07. The van der Waals surface area contributed by atoms with E-state index in [0.29, 0.717) is 11.3 Å². The Hall–Kier alpha value is -0.930. The van der Waals surface area contributed by atoms with Crippen LogP contribution < -0.4 is 0 Å². The van der Waals surface area contributed by atoms with E-state index in [4.69, 9.17) is 0 Å². The lowest BCUT2D eigenvalue weighted by Gasteiger charge is -2.30. The molecule has 0 bridgehead atoms. The van der Waals surface area contributed by atoms with Crippen molar-refractivity contribution in [2.24, 2.45) is 17.3 Å². The van der Waals surface area contributed by atoms with E-state index in [-0.39, 0.29) is 0 Å². The van der Waals surface area contributed by atoms with Crippen LogP contribution in [-0.2, 0) is 6.54 Å². The van der Waals surface area contributed by atoms with Crippen molar-refractivity contribution in [3.05, 3.63) is 6.33 Å². The Balaban J connectivity index is 2.06. The van der Waals surface area contributed by atoms with Crippen LogP contribution in [0.5, 0.6) is 0 Å². The molecule has 4 nitrogen and oxygen atoms in total. The number of rotatable bonds is 2. The van der Waals surface area contributed by atoms with Crippen molar-refractivity contribution in [1.82, 2.24) is 20.2 Å². The third kappa shape index (κ3) is 1.53. The number of nitrogens with zero attached hydrogens (tertiary/aromatic N) is 4. The molecule has 1 aromatic heterocycles. The Morgan fingerprint density at radius 1 is 1.43 bits per heavy atom. The van der Waals surface area contributed by atoms with E-state index in [1.807, 2.05) is 4.68 Å². The molecule has 0 radical (unpaired) electrons. The molecular formula is C10H18N4. The summed E-state index contributed by atoms with van der Waals surface area (Å²) in [5.74, 6) is 1.52. The summed E-state index contributed by atoms with van der Waals surface area (Å²) in [6.45, 7) is 8.03. The fraction of sp³-hybridized carbons (Fsp3) is 0.900.